The summed E-state index contributed by atoms with van der Waals surface area (Å²) < 4.78 is 6.49. The van der Waals surface area contributed by atoms with Gasteiger partial charge in [0.15, 0.2) is 8.32 Å². The molecule has 0 amide bonds. The van der Waals surface area contributed by atoms with Crippen molar-refractivity contribution in [3.05, 3.63) is 0 Å². The van der Waals surface area contributed by atoms with Gasteiger partial charge >= 0.3 is 5.97 Å². The number of rotatable bonds is 10. The molecule has 0 heterocycles. The summed E-state index contributed by atoms with van der Waals surface area (Å²) in [6.45, 7) is 18.4. The van der Waals surface area contributed by atoms with Crippen LogP contribution in [0.5, 0.6) is 0 Å². The van der Waals surface area contributed by atoms with Crippen LogP contribution in [0.15, 0.2) is 0 Å². The maximum atomic E-state index is 11.2. The van der Waals surface area contributed by atoms with Crippen LogP contribution in [0, 0.1) is 35.0 Å². The van der Waals surface area contributed by atoms with E-state index in [-0.39, 0.29) is 23.7 Å². The van der Waals surface area contributed by atoms with E-state index in [9.17, 15) is 15.0 Å². The van der Waals surface area contributed by atoms with E-state index in [4.69, 9.17) is 4.43 Å². The molecule has 2 fully saturated rings. The topological polar surface area (TPSA) is 66.8 Å². The molecule has 2 saturated carbocycles. The summed E-state index contributed by atoms with van der Waals surface area (Å²) in [4.78, 5) is 11.2. The maximum Gasteiger partial charge on any atom is 0.303 e. The second-order valence-corrected chi connectivity index (χ2v) is 17.5. The maximum absolute atomic E-state index is 11.2. The van der Waals surface area contributed by atoms with E-state index >= 15 is 0 Å². The molecule has 0 saturated heterocycles. The van der Waals surface area contributed by atoms with Crippen molar-refractivity contribution in [1.29, 1.82) is 0 Å². The summed E-state index contributed by atoms with van der Waals surface area (Å²) in [5, 5.41) is 19.4. The van der Waals surface area contributed by atoms with Gasteiger partial charge < -0.3 is 14.6 Å². The van der Waals surface area contributed by atoms with Gasteiger partial charge in [-0.1, -0.05) is 41.5 Å². The highest BCUT2D eigenvalue weighted by molar-refractivity contribution is 6.74. The van der Waals surface area contributed by atoms with E-state index in [1.165, 1.54) is 32.1 Å². The van der Waals surface area contributed by atoms with Gasteiger partial charge in [0, 0.05) is 6.42 Å². The van der Waals surface area contributed by atoms with E-state index in [1.807, 2.05) is 0 Å². The molecule has 0 aromatic carbocycles. The monoisotopic (exact) mass is 454 g/mol. The number of hydrogen-bond donors (Lipinski definition) is 2. The van der Waals surface area contributed by atoms with Gasteiger partial charge in [-0.25, -0.2) is 0 Å². The molecule has 182 valence electrons. The van der Waals surface area contributed by atoms with Crippen LogP contribution in [0.1, 0.15) is 92.9 Å². The summed E-state index contributed by atoms with van der Waals surface area (Å²) in [5.74, 6) is 2.32. The Hall–Kier alpha value is -0.393. The fourth-order valence-corrected chi connectivity index (χ4v) is 7.81. The van der Waals surface area contributed by atoms with Crippen LogP contribution in [0.25, 0.3) is 0 Å². The molecular weight excluding hydrogens is 404 g/mol. The summed E-state index contributed by atoms with van der Waals surface area (Å²) in [5.41, 5.74) is 0.324. The number of aliphatic hydroxyl groups excluding tert-OH is 1. The third-order valence-electron chi connectivity index (χ3n) is 9.65. The Labute approximate surface area is 192 Å². The quantitative estimate of drug-likeness (QED) is 0.359. The molecule has 0 radical (unpaired) electrons. The fraction of sp³-hybridized carbons (Fsp3) is 0.962. The van der Waals surface area contributed by atoms with Crippen LogP contribution in [0.2, 0.25) is 18.1 Å². The van der Waals surface area contributed by atoms with E-state index in [1.54, 1.807) is 0 Å². The first kappa shape index (κ1) is 26.9. The summed E-state index contributed by atoms with van der Waals surface area (Å²) in [6, 6.07) is 0. The van der Waals surface area contributed by atoms with Crippen LogP contribution < -0.4 is 0 Å². The Bertz CT molecular complexity index is 599. The molecular formula is C26H50O4Si. The largest absolute Gasteiger partial charge is 0.481 e. The van der Waals surface area contributed by atoms with Crippen LogP contribution in [-0.4, -0.2) is 37.2 Å². The van der Waals surface area contributed by atoms with Crippen molar-refractivity contribution in [3.63, 3.8) is 0 Å². The first-order valence-electron chi connectivity index (χ1n) is 12.7. The lowest BCUT2D eigenvalue weighted by atomic mass is 9.58. The van der Waals surface area contributed by atoms with Crippen molar-refractivity contribution in [3.8, 4) is 0 Å². The molecule has 0 aliphatic heterocycles. The lowest BCUT2D eigenvalue weighted by Crippen LogP contribution is -2.45. The molecule has 2 aliphatic rings. The molecule has 0 bridgehead atoms. The summed E-state index contributed by atoms with van der Waals surface area (Å²) >= 11 is 0. The van der Waals surface area contributed by atoms with Crippen LogP contribution in [0.4, 0.5) is 0 Å². The minimum absolute atomic E-state index is 0.0371. The Morgan fingerprint density at radius 1 is 1.13 bits per heavy atom. The minimum Gasteiger partial charge on any atom is -0.481 e. The lowest BCUT2D eigenvalue weighted by molar-refractivity contribution is -0.138. The van der Waals surface area contributed by atoms with Crippen molar-refractivity contribution >= 4 is 14.3 Å². The van der Waals surface area contributed by atoms with Gasteiger partial charge in [0.25, 0.3) is 0 Å². The van der Waals surface area contributed by atoms with Crippen LogP contribution in [0.3, 0.4) is 0 Å². The van der Waals surface area contributed by atoms with E-state index in [0.717, 1.165) is 24.7 Å². The smallest absolute Gasteiger partial charge is 0.303 e. The first-order chi connectivity index (χ1) is 14.2. The first-order valence-corrected chi connectivity index (χ1v) is 15.6. The predicted molar refractivity (Wildman–Crippen MR) is 131 cm³/mol. The molecule has 0 aromatic heterocycles. The Kier molecular flexibility index (Phi) is 8.88. The van der Waals surface area contributed by atoms with Crippen molar-refractivity contribution < 1.29 is 19.4 Å². The van der Waals surface area contributed by atoms with E-state index in [0.29, 0.717) is 23.7 Å². The highest BCUT2D eigenvalue weighted by Crippen LogP contribution is 2.60. The molecule has 2 rings (SSSR count). The molecule has 31 heavy (non-hydrogen) atoms. The van der Waals surface area contributed by atoms with Crippen molar-refractivity contribution in [2.75, 3.05) is 6.61 Å². The molecule has 3 unspecified atom stereocenters. The number of aliphatic carboxylic acids is 1. The summed E-state index contributed by atoms with van der Waals surface area (Å²) in [7, 11) is -1.86. The zero-order valence-electron chi connectivity index (χ0n) is 21.5. The highest BCUT2D eigenvalue weighted by atomic mass is 28.4. The Balaban J connectivity index is 1.90. The zero-order chi connectivity index (χ0) is 23.6. The lowest BCUT2D eigenvalue weighted by Gasteiger charge is -2.47. The van der Waals surface area contributed by atoms with Gasteiger partial charge in [0.1, 0.15) is 0 Å². The van der Waals surface area contributed by atoms with Crippen LogP contribution >= 0.6 is 0 Å². The van der Waals surface area contributed by atoms with Gasteiger partial charge in [-0.15, -0.1) is 0 Å². The van der Waals surface area contributed by atoms with Crippen molar-refractivity contribution in [1.82, 2.24) is 0 Å². The number of carbonyl (C=O) groups is 1. The third-order valence-corrected chi connectivity index (χ3v) is 14.2. The summed E-state index contributed by atoms with van der Waals surface area (Å²) in [6.07, 6.45) is 8.59. The van der Waals surface area contributed by atoms with E-state index < -0.39 is 14.3 Å². The van der Waals surface area contributed by atoms with Crippen molar-refractivity contribution in [2.45, 2.75) is 117 Å². The normalized spacial score (nSPS) is 32.4. The Morgan fingerprint density at radius 2 is 1.77 bits per heavy atom. The third kappa shape index (κ3) is 6.35. The SMILES string of the molecule is CC(CCC(CO)O[Si](C)(C)C(C)(C)C)[C@H]1CC[C@]2(C)C([C@H](C)CC(=O)O)CC[C@H]2C1. The predicted octanol–water partition coefficient (Wildman–Crippen LogP) is 6.73. The van der Waals surface area contributed by atoms with Gasteiger partial charge in [-0.2, -0.15) is 0 Å². The average molecular weight is 455 g/mol. The number of aliphatic hydroxyl groups is 1. The molecule has 0 spiro atoms. The Morgan fingerprint density at radius 3 is 2.32 bits per heavy atom. The molecule has 0 aromatic rings. The van der Waals surface area contributed by atoms with Gasteiger partial charge in [-0.3, -0.25) is 4.79 Å². The molecule has 7 atom stereocenters. The molecule has 2 aliphatic carbocycles. The molecule has 4 nitrogen and oxygen atoms in total. The van der Waals surface area contributed by atoms with Gasteiger partial charge in [0.05, 0.1) is 12.7 Å². The standard InChI is InChI=1S/C26H50O4Si/c1-18(9-11-22(17-27)30-31(7,8)25(3,4)5)20-13-14-26(6)21(16-20)10-12-23(26)19(2)15-24(28)29/h18-23,27H,9-17H2,1-8H3,(H,28,29)/t18?,19-,20+,21+,22?,23?,26+/m1/s1. The fourth-order valence-electron chi connectivity index (χ4n) is 6.43. The van der Waals surface area contributed by atoms with Crippen LogP contribution in [-0.2, 0) is 9.22 Å². The van der Waals surface area contributed by atoms with Gasteiger partial charge in [-0.05, 0) is 98.1 Å². The second kappa shape index (κ2) is 10.3. The van der Waals surface area contributed by atoms with Crippen molar-refractivity contribution in [2.24, 2.45) is 35.0 Å². The number of hydrogen-bond acceptors (Lipinski definition) is 3. The van der Waals surface area contributed by atoms with E-state index in [2.05, 4.69) is 54.6 Å². The molecule has 2 N–H and O–H groups in total. The minimum atomic E-state index is -1.86. The zero-order valence-corrected chi connectivity index (χ0v) is 22.5. The average Bonchev–Trinajstić information content (AvgIpc) is 2.99. The molecule has 5 heteroatoms. The number of carboxylic acids is 1. The second-order valence-electron chi connectivity index (χ2n) is 12.7. The number of fused-ring (bicyclic) bond motifs is 1. The number of carboxylic acid groups (broad SMARTS) is 1. The van der Waals surface area contributed by atoms with Gasteiger partial charge in [0.2, 0.25) is 0 Å². The highest BCUT2D eigenvalue weighted by Gasteiger charge is 2.51.